The predicted octanol–water partition coefficient (Wildman–Crippen LogP) is 4.91. The van der Waals surface area contributed by atoms with Gasteiger partial charge in [0.1, 0.15) is 6.61 Å². The number of allylic oxidation sites excluding steroid dienone is 1. The van der Waals surface area contributed by atoms with Crippen molar-refractivity contribution in [3.63, 3.8) is 0 Å². The molecule has 6 atom stereocenters. The SMILES string of the molecule is C/C(=N\OCCCO)[C@H]1CC[C@H]2[C@@H]3CCC4=CC(=O)CC[C@]4(C)[C@H]3CC[C@]12C. The molecule has 0 aliphatic heterocycles. The van der Waals surface area contributed by atoms with E-state index in [4.69, 9.17) is 9.94 Å². The molecule has 4 aliphatic rings. The highest BCUT2D eigenvalue weighted by molar-refractivity contribution is 5.91. The summed E-state index contributed by atoms with van der Waals surface area (Å²) in [5.41, 5.74) is 3.19. The van der Waals surface area contributed by atoms with E-state index in [1.54, 1.807) is 0 Å². The molecule has 156 valence electrons. The lowest BCUT2D eigenvalue weighted by molar-refractivity contribution is -0.117. The molecule has 28 heavy (non-hydrogen) atoms. The van der Waals surface area contributed by atoms with Gasteiger partial charge < -0.3 is 9.94 Å². The summed E-state index contributed by atoms with van der Waals surface area (Å²) in [7, 11) is 0. The first-order valence-electron chi connectivity index (χ1n) is 11.4. The van der Waals surface area contributed by atoms with E-state index in [1.165, 1.54) is 37.7 Å². The summed E-state index contributed by atoms with van der Waals surface area (Å²) in [4.78, 5) is 17.4. The van der Waals surface area contributed by atoms with E-state index in [2.05, 4.69) is 25.9 Å². The first-order valence-corrected chi connectivity index (χ1v) is 11.4. The summed E-state index contributed by atoms with van der Waals surface area (Å²) in [6, 6.07) is 0. The summed E-state index contributed by atoms with van der Waals surface area (Å²) in [5.74, 6) is 3.18. The highest BCUT2D eigenvalue weighted by Gasteiger charge is 2.59. The highest BCUT2D eigenvalue weighted by atomic mass is 16.6. The van der Waals surface area contributed by atoms with Crippen molar-refractivity contribution in [2.75, 3.05) is 13.2 Å². The third kappa shape index (κ3) is 3.16. The van der Waals surface area contributed by atoms with E-state index >= 15 is 0 Å². The molecule has 0 radical (unpaired) electrons. The molecule has 0 bridgehead atoms. The zero-order valence-electron chi connectivity index (χ0n) is 17.9. The largest absolute Gasteiger partial charge is 0.396 e. The maximum atomic E-state index is 12.0. The van der Waals surface area contributed by atoms with Gasteiger partial charge in [-0.3, -0.25) is 4.79 Å². The van der Waals surface area contributed by atoms with Crippen molar-refractivity contribution in [2.24, 2.45) is 39.7 Å². The summed E-state index contributed by atoms with van der Waals surface area (Å²) in [5, 5.41) is 13.3. The van der Waals surface area contributed by atoms with Gasteiger partial charge in [-0.1, -0.05) is 24.6 Å². The Morgan fingerprint density at radius 2 is 2.00 bits per heavy atom. The third-order valence-electron chi connectivity index (χ3n) is 9.07. The van der Waals surface area contributed by atoms with Crippen LogP contribution >= 0.6 is 0 Å². The Balaban J connectivity index is 1.52. The number of ketones is 1. The Morgan fingerprint density at radius 1 is 1.18 bits per heavy atom. The van der Waals surface area contributed by atoms with Crippen molar-refractivity contribution in [3.8, 4) is 0 Å². The van der Waals surface area contributed by atoms with E-state index in [-0.39, 0.29) is 12.0 Å². The summed E-state index contributed by atoms with van der Waals surface area (Å²) in [6.07, 6.45) is 11.9. The second-order valence-corrected chi connectivity index (χ2v) is 10.3. The summed E-state index contributed by atoms with van der Waals surface area (Å²) >= 11 is 0. The lowest BCUT2D eigenvalue weighted by Crippen LogP contribution is -2.51. The van der Waals surface area contributed by atoms with Crippen LogP contribution in [0, 0.1) is 34.5 Å². The van der Waals surface area contributed by atoms with Crippen LogP contribution in [0.2, 0.25) is 0 Å². The van der Waals surface area contributed by atoms with Gasteiger partial charge in [-0.15, -0.1) is 0 Å². The van der Waals surface area contributed by atoms with Crippen LogP contribution in [-0.2, 0) is 9.63 Å². The molecule has 0 spiro atoms. The van der Waals surface area contributed by atoms with Crippen LogP contribution in [0.25, 0.3) is 0 Å². The minimum atomic E-state index is 0.154. The molecule has 0 aromatic carbocycles. The zero-order valence-corrected chi connectivity index (χ0v) is 17.9. The van der Waals surface area contributed by atoms with Crippen LogP contribution in [0.5, 0.6) is 0 Å². The molecule has 0 saturated heterocycles. The van der Waals surface area contributed by atoms with Crippen LogP contribution in [0.3, 0.4) is 0 Å². The first-order chi connectivity index (χ1) is 13.4. The Hall–Kier alpha value is -1.16. The number of hydrogen-bond donors (Lipinski definition) is 1. The van der Waals surface area contributed by atoms with Gasteiger partial charge >= 0.3 is 0 Å². The fourth-order valence-electron chi connectivity index (χ4n) is 7.59. The number of rotatable bonds is 5. The fourth-order valence-corrected chi connectivity index (χ4v) is 7.59. The molecule has 1 N–H and O–H groups in total. The number of aliphatic hydroxyl groups is 1. The highest BCUT2D eigenvalue weighted by Crippen LogP contribution is 2.66. The maximum absolute atomic E-state index is 12.0. The lowest BCUT2D eigenvalue weighted by atomic mass is 9.46. The van der Waals surface area contributed by atoms with E-state index in [0.717, 1.165) is 42.7 Å². The minimum Gasteiger partial charge on any atom is -0.396 e. The molecular weight excluding hydrogens is 350 g/mol. The normalized spacial score (nSPS) is 43.1. The second kappa shape index (κ2) is 7.59. The quantitative estimate of drug-likeness (QED) is 0.414. The van der Waals surface area contributed by atoms with Crippen molar-refractivity contribution in [1.82, 2.24) is 0 Å². The number of hydrogen-bond acceptors (Lipinski definition) is 4. The second-order valence-electron chi connectivity index (χ2n) is 10.3. The van der Waals surface area contributed by atoms with Gasteiger partial charge in [-0.25, -0.2) is 0 Å². The van der Waals surface area contributed by atoms with Gasteiger partial charge in [0.25, 0.3) is 0 Å². The Bertz CT molecular complexity index is 683. The van der Waals surface area contributed by atoms with Crippen LogP contribution in [0.1, 0.15) is 78.6 Å². The Kier molecular flexibility index (Phi) is 5.45. The van der Waals surface area contributed by atoms with Gasteiger partial charge in [0.2, 0.25) is 0 Å². The van der Waals surface area contributed by atoms with Gasteiger partial charge in [0.15, 0.2) is 5.78 Å². The molecule has 0 unspecified atom stereocenters. The molecular formula is C24H37NO3. The van der Waals surface area contributed by atoms with Gasteiger partial charge in [-0.2, -0.15) is 0 Å². The fraction of sp³-hybridized carbons (Fsp3) is 0.833. The average molecular weight is 388 g/mol. The van der Waals surface area contributed by atoms with Crippen molar-refractivity contribution >= 4 is 11.5 Å². The maximum Gasteiger partial charge on any atom is 0.155 e. The molecule has 4 rings (SSSR count). The van der Waals surface area contributed by atoms with E-state index in [0.29, 0.717) is 30.1 Å². The monoisotopic (exact) mass is 387 g/mol. The number of fused-ring (bicyclic) bond motifs is 5. The minimum absolute atomic E-state index is 0.154. The lowest BCUT2D eigenvalue weighted by Gasteiger charge is -2.58. The average Bonchev–Trinajstić information content (AvgIpc) is 3.03. The van der Waals surface area contributed by atoms with Crippen LogP contribution in [-0.4, -0.2) is 29.8 Å². The number of carbonyl (C=O) groups is 1. The van der Waals surface area contributed by atoms with Crippen LogP contribution < -0.4 is 0 Å². The van der Waals surface area contributed by atoms with Crippen molar-refractivity contribution in [3.05, 3.63) is 11.6 Å². The van der Waals surface area contributed by atoms with Crippen molar-refractivity contribution in [2.45, 2.75) is 78.6 Å². The molecule has 3 saturated carbocycles. The van der Waals surface area contributed by atoms with E-state index in [9.17, 15) is 4.79 Å². The van der Waals surface area contributed by atoms with E-state index in [1.807, 2.05) is 6.08 Å². The molecule has 0 amide bonds. The number of oxime groups is 1. The molecule has 4 heteroatoms. The zero-order chi connectivity index (χ0) is 19.9. The molecule has 4 aliphatic carbocycles. The summed E-state index contributed by atoms with van der Waals surface area (Å²) < 4.78 is 0. The van der Waals surface area contributed by atoms with Gasteiger partial charge in [0, 0.05) is 25.4 Å². The Labute approximate surface area is 169 Å². The Morgan fingerprint density at radius 3 is 2.79 bits per heavy atom. The molecule has 4 nitrogen and oxygen atoms in total. The standard InChI is InChI=1S/C24H37NO3/c1-16(25-28-14-4-13-26)20-7-8-21-19-6-5-17-15-18(27)9-11-23(17,2)22(19)10-12-24(20,21)3/h15,19-22,26H,4-14H2,1-3H3/b25-16+/t19-,20+,21-,22-,23-,24+/m0/s1. The smallest absolute Gasteiger partial charge is 0.155 e. The molecule has 3 fully saturated rings. The van der Waals surface area contributed by atoms with Crippen LogP contribution in [0.4, 0.5) is 0 Å². The first kappa shape index (κ1) is 20.1. The predicted molar refractivity (Wildman–Crippen MR) is 111 cm³/mol. The number of carbonyl (C=O) groups excluding carboxylic acids is 1. The van der Waals surface area contributed by atoms with Crippen molar-refractivity contribution in [1.29, 1.82) is 0 Å². The molecule has 0 aromatic rings. The van der Waals surface area contributed by atoms with Gasteiger partial charge in [0.05, 0.1) is 5.71 Å². The number of nitrogens with zero attached hydrogens (tertiary/aromatic N) is 1. The van der Waals surface area contributed by atoms with E-state index < -0.39 is 0 Å². The van der Waals surface area contributed by atoms with Crippen molar-refractivity contribution < 1.29 is 14.7 Å². The molecule has 0 heterocycles. The van der Waals surface area contributed by atoms with Crippen LogP contribution in [0.15, 0.2) is 16.8 Å². The number of aliphatic hydroxyl groups excluding tert-OH is 1. The van der Waals surface area contributed by atoms with Gasteiger partial charge in [-0.05, 0) is 86.5 Å². The summed E-state index contributed by atoms with van der Waals surface area (Å²) in [6.45, 7) is 7.76. The third-order valence-corrected chi connectivity index (χ3v) is 9.07. The topological polar surface area (TPSA) is 58.9 Å². The molecule has 0 aromatic heterocycles.